The molecule has 2 N–H and O–H groups in total. The van der Waals surface area contributed by atoms with E-state index in [9.17, 15) is 19.7 Å². The molecular formula is C40H50ClN3O7. The predicted molar refractivity (Wildman–Crippen MR) is 193 cm³/mol. The minimum atomic E-state index is -0.953. The number of benzene rings is 3. The van der Waals surface area contributed by atoms with Crippen LogP contribution in [0.4, 0.5) is 5.69 Å². The molecule has 11 heteroatoms. The van der Waals surface area contributed by atoms with Crippen molar-refractivity contribution in [2.24, 2.45) is 0 Å². The number of esters is 2. The Morgan fingerprint density at radius 3 is 2.04 bits per heavy atom. The number of carbonyl (C=O) groups excluding carboxylic acids is 2. The molecule has 0 aliphatic carbocycles. The molecule has 10 nitrogen and oxygen atoms in total. The van der Waals surface area contributed by atoms with Crippen molar-refractivity contribution in [2.75, 3.05) is 40.0 Å². The molecule has 0 aromatic heterocycles. The third kappa shape index (κ3) is 11.2. The molecule has 51 heavy (non-hydrogen) atoms. The highest BCUT2D eigenvalue weighted by molar-refractivity contribution is 6.00. The fourth-order valence-electron chi connectivity index (χ4n) is 6.65. The largest absolute Gasteiger partial charge is 1.00 e. The van der Waals surface area contributed by atoms with Crippen LogP contribution in [0.25, 0.3) is 0 Å². The van der Waals surface area contributed by atoms with Gasteiger partial charge in [0.1, 0.15) is 13.2 Å². The van der Waals surface area contributed by atoms with Crippen molar-refractivity contribution in [3.05, 3.63) is 134 Å². The van der Waals surface area contributed by atoms with Crippen LogP contribution in [0.15, 0.2) is 107 Å². The fourth-order valence-corrected chi connectivity index (χ4v) is 6.65. The Balaban J connectivity index is 0.00000702. The number of likely N-dealkylation sites (N-methyl/N-ethyl adjacent to an activating group) is 1. The summed E-state index contributed by atoms with van der Waals surface area (Å²) in [6.45, 7) is 11.4. The number of hydrogen-bond donors (Lipinski definition) is 2. The van der Waals surface area contributed by atoms with Crippen LogP contribution in [0.2, 0.25) is 0 Å². The average molecular weight is 720 g/mol. The van der Waals surface area contributed by atoms with Gasteiger partial charge < -0.3 is 36.8 Å². The average Bonchev–Trinajstić information content (AvgIpc) is 3.08. The van der Waals surface area contributed by atoms with E-state index in [0.29, 0.717) is 30.1 Å². The first-order valence-corrected chi connectivity index (χ1v) is 17.2. The number of halogens is 1. The molecule has 1 heterocycles. The Kier molecular flexibility index (Phi) is 15.4. The molecule has 4 rings (SSSR count). The summed E-state index contributed by atoms with van der Waals surface area (Å²) in [6.07, 6.45) is 1.73. The Bertz CT molecular complexity index is 1650. The summed E-state index contributed by atoms with van der Waals surface area (Å²) in [7, 11) is 2.09. The smallest absolute Gasteiger partial charge is 0.337 e. The van der Waals surface area contributed by atoms with Crippen molar-refractivity contribution in [3.63, 3.8) is 0 Å². The van der Waals surface area contributed by atoms with Gasteiger partial charge in [-0.1, -0.05) is 79.7 Å². The summed E-state index contributed by atoms with van der Waals surface area (Å²) in [5.74, 6) is -1.98. The zero-order valence-corrected chi connectivity index (χ0v) is 31.1. The second-order valence-electron chi connectivity index (χ2n) is 13.4. The number of hydrogen-bond acceptors (Lipinski definition) is 8. The lowest BCUT2D eigenvalue weighted by Crippen LogP contribution is -3.11. The van der Waals surface area contributed by atoms with E-state index in [1.54, 1.807) is 26.0 Å². The van der Waals surface area contributed by atoms with E-state index in [1.165, 1.54) is 28.2 Å². The van der Waals surface area contributed by atoms with E-state index in [0.717, 1.165) is 19.4 Å². The van der Waals surface area contributed by atoms with E-state index >= 15 is 0 Å². The molecule has 0 saturated carbocycles. The van der Waals surface area contributed by atoms with E-state index in [2.05, 4.69) is 60.9 Å². The second-order valence-corrected chi connectivity index (χ2v) is 13.4. The number of nitrogens with zero attached hydrogens (tertiary/aromatic N) is 1. The molecule has 2 atom stereocenters. The summed E-state index contributed by atoms with van der Waals surface area (Å²) in [6, 6.07) is 26.9. The molecule has 3 aromatic carbocycles. The van der Waals surface area contributed by atoms with Crippen molar-refractivity contribution in [2.45, 2.75) is 64.9 Å². The second kappa shape index (κ2) is 19.2. The number of nitrogens with one attached hydrogen (secondary N) is 2. The number of dihydropyridines is 1. The van der Waals surface area contributed by atoms with Gasteiger partial charge in [-0.25, -0.2) is 9.59 Å². The minimum Gasteiger partial charge on any atom is -1.00 e. The first-order chi connectivity index (χ1) is 23.9. The Morgan fingerprint density at radius 1 is 0.882 bits per heavy atom. The third-order valence-corrected chi connectivity index (χ3v) is 8.78. The van der Waals surface area contributed by atoms with Crippen LogP contribution in [0.1, 0.15) is 76.0 Å². The van der Waals surface area contributed by atoms with Crippen LogP contribution in [-0.4, -0.2) is 62.4 Å². The lowest BCUT2D eigenvalue weighted by molar-refractivity contribution is -0.886. The summed E-state index contributed by atoms with van der Waals surface area (Å²) in [4.78, 5) is 40.2. The molecular weight excluding hydrogens is 670 g/mol. The summed E-state index contributed by atoms with van der Waals surface area (Å²) < 4.78 is 17.3. The lowest BCUT2D eigenvalue weighted by atomic mass is 9.80. The number of carbonyl (C=O) groups is 2. The molecule has 0 fully saturated rings. The first kappa shape index (κ1) is 40.9. The number of rotatable bonds is 17. The van der Waals surface area contributed by atoms with Gasteiger partial charge in [0.05, 0.1) is 42.2 Å². The van der Waals surface area contributed by atoms with Gasteiger partial charge in [0.2, 0.25) is 0 Å². The van der Waals surface area contributed by atoms with Crippen LogP contribution in [0.5, 0.6) is 0 Å². The molecule has 1 aliphatic heterocycles. The fraction of sp³-hybridized carbons (Fsp3) is 0.400. The highest BCUT2D eigenvalue weighted by Crippen LogP contribution is 2.40. The van der Waals surface area contributed by atoms with Gasteiger partial charge in [-0.3, -0.25) is 10.1 Å². The topological polar surface area (TPSA) is 121 Å². The molecule has 2 unspecified atom stereocenters. The minimum absolute atomic E-state index is 0. The van der Waals surface area contributed by atoms with E-state index in [-0.39, 0.29) is 48.4 Å². The molecule has 0 amide bonds. The van der Waals surface area contributed by atoms with Crippen LogP contribution in [0.3, 0.4) is 0 Å². The van der Waals surface area contributed by atoms with Gasteiger partial charge in [-0.15, -0.1) is 0 Å². The van der Waals surface area contributed by atoms with Crippen molar-refractivity contribution in [1.82, 2.24) is 5.32 Å². The maximum atomic E-state index is 14.2. The van der Waals surface area contributed by atoms with Crippen LogP contribution >= 0.6 is 0 Å². The van der Waals surface area contributed by atoms with E-state index in [1.807, 2.05) is 32.9 Å². The lowest BCUT2D eigenvalue weighted by Gasteiger charge is -2.33. The van der Waals surface area contributed by atoms with Gasteiger partial charge in [0.15, 0.2) is 5.60 Å². The molecule has 3 aromatic rings. The van der Waals surface area contributed by atoms with E-state index in [4.69, 9.17) is 14.2 Å². The molecule has 0 saturated heterocycles. The van der Waals surface area contributed by atoms with Gasteiger partial charge in [-0.05, 0) is 50.8 Å². The molecule has 274 valence electrons. The van der Waals surface area contributed by atoms with Gasteiger partial charge in [0.25, 0.3) is 5.69 Å². The number of nitro benzene ring substituents is 1. The van der Waals surface area contributed by atoms with Crippen LogP contribution in [0, 0.1) is 10.1 Å². The maximum absolute atomic E-state index is 14.2. The predicted octanol–water partition coefficient (Wildman–Crippen LogP) is 2.86. The number of allylic oxidation sites excluding steroid dienone is 2. The van der Waals surface area contributed by atoms with Gasteiger partial charge in [-0.2, -0.15) is 0 Å². The van der Waals surface area contributed by atoms with Crippen molar-refractivity contribution in [1.29, 1.82) is 0 Å². The SMILES string of the molecule is CCCOCCOC(=O)C1=C(C)NC(C)=C(C(=O)OC(C)(C)C[NH+](C)CCC(c2ccccc2)c2ccccc2)C1c1cccc([N+](=O)[O-])c1.[Cl-]. The maximum Gasteiger partial charge on any atom is 0.337 e. The van der Waals surface area contributed by atoms with Gasteiger partial charge >= 0.3 is 11.9 Å². The molecule has 1 aliphatic rings. The van der Waals surface area contributed by atoms with Crippen molar-refractivity contribution in [3.8, 4) is 0 Å². The normalized spacial score (nSPS) is 15.2. The third-order valence-electron chi connectivity index (χ3n) is 8.78. The van der Waals surface area contributed by atoms with Crippen molar-refractivity contribution >= 4 is 17.6 Å². The first-order valence-electron chi connectivity index (χ1n) is 17.2. The summed E-state index contributed by atoms with van der Waals surface area (Å²) >= 11 is 0. The number of ether oxygens (including phenoxy) is 3. The summed E-state index contributed by atoms with van der Waals surface area (Å²) in [5, 5.41) is 14.9. The van der Waals surface area contributed by atoms with Crippen LogP contribution in [-0.2, 0) is 23.8 Å². The number of nitro groups is 1. The van der Waals surface area contributed by atoms with Crippen molar-refractivity contribution < 1.29 is 46.0 Å². The molecule has 0 radical (unpaired) electrons. The zero-order chi connectivity index (χ0) is 36.3. The van der Waals surface area contributed by atoms with Crippen LogP contribution < -0.4 is 22.6 Å². The highest BCUT2D eigenvalue weighted by atomic mass is 35.5. The number of quaternary nitrogens is 1. The highest BCUT2D eigenvalue weighted by Gasteiger charge is 2.40. The monoisotopic (exact) mass is 719 g/mol. The molecule has 0 spiro atoms. The quantitative estimate of drug-likeness (QED) is 0.0947. The Labute approximate surface area is 307 Å². The summed E-state index contributed by atoms with van der Waals surface area (Å²) in [5.41, 5.74) is 3.25. The number of non-ortho nitro benzene ring substituents is 1. The Morgan fingerprint density at radius 2 is 1.47 bits per heavy atom. The standard InChI is InChI=1S/C40H49N3O7.ClH/c1-7-23-48-24-25-49-38(44)35-28(2)41-29(3)36(37(35)32-19-14-20-33(26-32)43(46)47)39(45)50-40(4,5)27-42(6)22-21-34(30-15-10-8-11-16-30)31-17-12-9-13-18-31;/h8-20,26,34,37,41H,7,21-25,27H2,1-6H3;1H. The van der Waals surface area contributed by atoms with Gasteiger partial charge in [0, 0.05) is 42.5 Å². The Hall–Kier alpha value is -4.51. The van der Waals surface area contributed by atoms with E-state index < -0.39 is 28.4 Å². The molecule has 0 bridgehead atoms. The zero-order valence-electron chi connectivity index (χ0n) is 30.4.